The zero-order valence-electron chi connectivity index (χ0n) is 13.0. The number of Topliss-reactive ketones (excluding diaryl/α,β-unsaturated/α-hetero) is 3. The molecule has 0 amide bonds. The second-order valence-corrected chi connectivity index (χ2v) is 6.35. The van der Waals surface area contributed by atoms with Gasteiger partial charge in [0, 0.05) is 24.0 Å². The molecule has 0 aliphatic heterocycles. The van der Waals surface area contributed by atoms with Crippen LogP contribution in [0.5, 0.6) is 0 Å². The van der Waals surface area contributed by atoms with Crippen molar-refractivity contribution in [3.8, 4) is 0 Å². The number of hydrogen-bond acceptors (Lipinski definition) is 4. The van der Waals surface area contributed by atoms with Gasteiger partial charge in [-0.1, -0.05) is 42.5 Å². The molecule has 3 rings (SSSR count). The molecule has 4 nitrogen and oxygen atoms in total. The summed E-state index contributed by atoms with van der Waals surface area (Å²) in [4.78, 5) is 36.8. The summed E-state index contributed by atoms with van der Waals surface area (Å²) >= 11 is 0. The Labute approximate surface area is 134 Å². The zero-order chi connectivity index (χ0) is 16.8. The fraction of sp³-hybridized carbons (Fsp3) is 0.316. The highest BCUT2D eigenvalue weighted by molar-refractivity contribution is 6.32. The van der Waals surface area contributed by atoms with E-state index >= 15 is 0 Å². The van der Waals surface area contributed by atoms with Crippen LogP contribution < -0.4 is 0 Å². The van der Waals surface area contributed by atoms with Gasteiger partial charge in [-0.25, -0.2) is 0 Å². The number of fused-ring (bicyclic) bond motifs is 1. The van der Waals surface area contributed by atoms with Crippen LogP contribution in [0.4, 0.5) is 0 Å². The molecule has 0 radical (unpaired) electrons. The molecule has 1 N–H and O–H groups in total. The Kier molecular flexibility index (Phi) is 3.65. The number of benzene rings is 1. The maximum atomic E-state index is 12.5. The van der Waals surface area contributed by atoms with Crippen molar-refractivity contribution in [1.82, 2.24) is 0 Å². The van der Waals surface area contributed by atoms with Crippen LogP contribution in [0.2, 0.25) is 0 Å². The average Bonchev–Trinajstić information content (AvgIpc) is 2.72. The number of carbonyl (C=O) groups is 3. The van der Waals surface area contributed by atoms with Crippen LogP contribution >= 0.6 is 0 Å². The lowest BCUT2D eigenvalue weighted by Gasteiger charge is -2.26. The molecule has 2 aliphatic rings. The molecule has 23 heavy (non-hydrogen) atoms. The third-order valence-corrected chi connectivity index (χ3v) is 4.81. The van der Waals surface area contributed by atoms with Gasteiger partial charge in [-0.3, -0.25) is 14.4 Å². The molecule has 0 saturated heterocycles. The van der Waals surface area contributed by atoms with E-state index in [4.69, 9.17) is 0 Å². The molecular weight excluding hydrogens is 292 g/mol. The quantitative estimate of drug-likeness (QED) is 0.688. The molecule has 0 saturated carbocycles. The third-order valence-electron chi connectivity index (χ3n) is 4.81. The Morgan fingerprint density at radius 2 is 1.78 bits per heavy atom. The van der Waals surface area contributed by atoms with Gasteiger partial charge in [0.25, 0.3) is 0 Å². The Bertz CT molecular complexity index is 734. The molecule has 2 aliphatic carbocycles. The molecule has 0 spiro atoms. The normalized spacial score (nSPS) is 22.8. The summed E-state index contributed by atoms with van der Waals surface area (Å²) in [6.45, 7) is 5.71. The van der Waals surface area contributed by atoms with Gasteiger partial charge in [0.2, 0.25) is 11.6 Å². The summed E-state index contributed by atoms with van der Waals surface area (Å²) in [7, 11) is 0. The average molecular weight is 310 g/mol. The first kappa shape index (κ1) is 15.6. The van der Waals surface area contributed by atoms with E-state index in [1.165, 1.54) is 0 Å². The molecule has 1 aromatic rings. The van der Waals surface area contributed by atoms with Gasteiger partial charge in [0.15, 0.2) is 11.4 Å². The Hall–Kier alpha value is -2.33. The van der Waals surface area contributed by atoms with E-state index < -0.39 is 17.2 Å². The van der Waals surface area contributed by atoms with E-state index in [1.807, 2.05) is 6.08 Å². The fourth-order valence-electron chi connectivity index (χ4n) is 3.27. The minimum absolute atomic E-state index is 0.0433. The SMILES string of the molecule is C=C(CC1(O)C(=O)c2ccccc2C1=O)C1CC=C(C)C(=O)C1. The highest BCUT2D eigenvalue weighted by Gasteiger charge is 2.52. The summed E-state index contributed by atoms with van der Waals surface area (Å²) in [5.74, 6) is -1.25. The van der Waals surface area contributed by atoms with Gasteiger partial charge >= 0.3 is 0 Å². The van der Waals surface area contributed by atoms with Crippen LogP contribution in [0, 0.1) is 5.92 Å². The van der Waals surface area contributed by atoms with E-state index in [1.54, 1.807) is 31.2 Å². The molecular formula is C19H18O4. The molecule has 0 heterocycles. The van der Waals surface area contributed by atoms with Gasteiger partial charge < -0.3 is 5.11 Å². The van der Waals surface area contributed by atoms with Crippen molar-refractivity contribution >= 4 is 17.3 Å². The van der Waals surface area contributed by atoms with E-state index in [0.717, 1.165) is 5.57 Å². The predicted molar refractivity (Wildman–Crippen MR) is 85.3 cm³/mol. The van der Waals surface area contributed by atoms with Crippen LogP contribution in [0.25, 0.3) is 0 Å². The highest BCUT2D eigenvalue weighted by Crippen LogP contribution is 2.37. The first-order valence-corrected chi connectivity index (χ1v) is 7.63. The summed E-state index contributed by atoms with van der Waals surface area (Å²) < 4.78 is 0. The lowest BCUT2D eigenvalue weighted by atomic mass is 9.79. The predicted octanol–water partition coefficient (Wildman–Crippen LogP) is 2.67. The first-order chi connectivity index (χ1) is 10.8. The molecule has 0 bridgehead atoms. The van der Waals surface area contributed by atoms with Crippen molar-refractivity contribution in [2.75, 3.05) is 0 Å². The first-order valence-electron chi connectivity index (χ1n) is 7.63. The largest absolute Gasteiger partial charge is 0.374 e. The molecule has 0 fully saturated rings. The summed E-state index contributed by atoms with van der Waals surface area (Å²) in [5, 5.41) is 10.7. The molecule has 0 aromatic heterocycles. The number of ketones is 3. The van der Waals surface area contributed by atoms with Crippen molar-refractivity contribution in [3.05, 3.63) is 59.2 Å². The second kappa shape index (κ2) is 5.39. The van der Waals surface area contributed by atoms with Gasteiger partial charge in [-0.15, -0.1) is 0 Å². The van der Waals surface area contributed by atoms with Crippen molar-refractivity contribution < 1.29 is 19.5 Å². The number of carbonyl (C=O) groups excluding carboxylic acids is 3. The molecule has 1 unspecified atom stereocenters. The van der Waals surface area contributed by atoms with Crippen molar-refractivity contribution in [3.63, 3.8) is 0 Å². The maximum Gasteiger partial charge on any atom is 0.203 e. The maximum absolute atomic E-state index is 12.5. The number of aliphatic hydroxyl groups is 1. The molecule has 1 aromatic carbocycles. The van der Waals surface area contributed by atoms with Crippen LogP contribution in [0.3, 0.4) is 0 Å². The van der Waals surface area contributed by atoms with Crippen LogP contribution in [0.1, 0.15) is 46.9 Å². The molecule has 4 heteroatoms. The number of rotatable bonds is 3. The van der Waals surface area contributed by atoms with Gasteiger partial charge in [0.1, 0.15) is 0 Å². The van der Waals surface area contributed by atoms with E-state index in [2.05, 4.69) is 6.58 Å². The van der Waals surface area contributed by atoms with Gasteiger partial charge in [-0.2, -0.15) is 0 Å². The smallest absolute Gasteiger partial charge is 0.203 e. The standard InChI is InChI=1S/C19H18O4/c1-11-7-8-13(9-16(11)20)12(2)10-19(23)17(21)14-5-3-4-6-15(14)18(19)22/h3-7,13,23H,2,8-10H2,1H3. The Morgan fingerprint density at radius 3 is 2.30 bits per heavy atom. The third kappa shape index (κ3) is 2.39. The summed E-state index contributed by atoms with van der Waals surface area (Å²) in [6, 6.07) is 6.43. The van der Waals surface area contributed by atoms with Crippen molar-refractivity contribution in [1.29, 1.82) is 0 Å². The molecule has 118 valence electrons. The van der Waals surface area contributed by atoms with E-state index in [-0.39, 0.29) is 29.2 Å². The van der Waals surface area contributed by atoms with Crippen LogP contribution in [-0.2, 0) is 4.79 Å². The van der Waals surface area contributed by atoms with Crippen molar-refractivity contribution in [2.24, 2.45) is 5.92 Å². The van der Waals surface area contributed by atoms with E-state index in [0.29, 0.717) is 18.4 Å². The number of allylic oxidation sites excluding steroid dienone is 2. The summed E-state index contributed by atoms with van der Waals surface area (Å²) in [5.41, 5.74) is -0.279. The minimum Gasteiger partial charge on any atom is -0.374 e. The highest BCUT2D eigenvalue weighted by atomic mass is 16.3. The van der Waals surface area contributed by atoms with E-state index in [9.17, 15) is 19.5 Å². The van der Waals surface area contributed by atoms with Crippen LogP contribution in [-0.4, -0.2) is 28.1 Å². The lowest BCUT2D eigenvalue weighted by Crippen LogP contribution is -2.42. The topological polar surface area (TPSA) is 71.4 Å². The second-order valence-electron chi connectivity index (χ2n) is 6.35. The Morgan fingerprint density at radius 1 is 1.22 bits per heavy atom. The van der Waals surface area contributed by atoms with Gasteiger partial charge in [0.05, 0.1) is 0 Å². The molecule has 1 atom stereocenters. The van der Waals surface area contributed by atoms with Crippen molar-refractivity contribution in [2.45, 2.75) is 31.8 Å². The van der Waals surface area contributed by atoms with Gasteiger partial charge in [-0.05, 0) is 24.8 Å². The van der Waals surface area contributed by atoms with Crippen LogP contribution in [0.15, 0.2) is 48.1 Å². The number of hydrogen-bond donors (Lipinski definition) is 1. The zero-order valence-corrected chi connectivity index (χ0v) is 13.0. The fourth-order valence-corrected chi connectivity index (χ4v) is 3.27. The summed E-state index contributed by atoms with van der Waals surface area (Å²) in [6.07, 6.45) is 2.66. The Balaban J connectivity index is 1.83. The lowest BCUT2D eigenvalue weighted by molar-refractivity contribution is -0.116. The minimum atomic E-state index is -2.08. The monoisotopic (exact) mass is 310 g/mol.